The zero-order valence-corrected chi connectivity index (χ0v) is 11.9. The summed E-state index contributed by atoms with van der Waals surface area (Å²) in [6.45, 7) is 0. The zero-order chi connectivity index (χ0) is 15.8. The van der Waals surface area contributed by atoms with Gasteiger partial charge in [0, 0.05) is 6.42 Å². The van der Waals surface area contributed by atoms with Gasteiger partial charge in [-0.2, -0.15) is 0 Å². The molecule has 1 atom stereocenters. The Morgan fingerprint density at radius 2 is 2.00 bits per heavy atom. The monoisotopic (exact) mass is 291 g/mol. The van der Waals surface area contributed by atoms with E-state index in [1.807, 2.05) is 0 Å². The Morgan fingerprint density at radius 3 is 2.52 bits per heavy atom. The molecule has 1 rings (SSSR count). The number of methoxy groups -OCH3 is 2. The van der Waals surface area contributed by atoms with Gasteiger partial charge in [0.25, 0.3) is 0 Å². The quantitative estimate of drug-likeness (QED) is 0.727. The third-order valence-corrected chi connectivity index (χ3v) is 2.77. The SMILES string of the molecule is C#CCC(NC(=O)Cc1ccc(OC)c(OC)c1)C(=O)O. The van der Waals surface area contributed by atoms with Crippen molar-refractivity contribution in [2.75, 3.05) is 14.2 Å². The van der Waals surface area contributed by atoms with Crippen molar-refractivity contribution in [2.45, 2.75) is 18.9 Å². The maximum atomic E-state index is 11.8. The van der Waals surface area contributed by atoms with Crippen LogP contribution in [0.15, 0.2) is 18.2 Å². The molecule has 2 N–H and O–H groups in total. The summed E-state index contributed by atoms with van der Waals surface area (Å²) in [5.74, 6) is 1.69. The van der Waals surface area contributed by atoms with Crippen LogP contribution in [0.5, 0.6) is 11.5 Å². The molecule has 6 heteroatoms. The van der Waals surface area contributed by atoms with Crippen LogP contribution < -0.4 is 14.8 Å². The molecule has 0 heterocycles. The van der Waals surface area contributed by atoms with Gasteiger partial charge in [-0.05, 0) is 17.7 Å². The van der Waals surface area contributed by atoms with Crippen LogP contribution in [0.2, 0.25) is 0 Å². The Morgan fingerprint density at radius 1 is 1.33 bits per heavy atom. The number of carbonyl (C=O) groups excluding carboxylic acids is 1. The van der Waals surface area contributed by atoms with Crippen molar-refractivity contribution >= 4 is 11.9 Å². The van der Waals surface area contributed by atoms with Crippen LogP contribution in [0, 0.1) is 12.3 Å². The van der Waals surface area contributed by atoms with E-state index in [0.29, 0.717) is 17.1 Å². The molecule has 112 valence electrons. The molecule has 1 amide bonds. The molecular weight excluding hydrogens is 274 g/mol. The van der Waals surface area contributed by atoms with Crippen LogP contribution in [0.25, 0.3) is 0 Å². The summed E-state index contributed by atoms with van der Waals surface area (Å²) in [6.07, 6.45) is 5.03. The van der Waals surface area contributed by atoms with E-state index < -0.39 is 17.9 Å². The molecule has 0 radical (unpaired) electrons. The first-order chi connectivity index (χ1) is 10.0. The lowest BCUT2D eigenvalue weighted by Gasteiger charge is -2.13. The van der Waals surface area contributed by atoms with E-state index in [4.69, 9.17) is 21.0 Å². The summed E-state index contributed by atoms with van der Waals surface area (Å²) in [5, 5.41) is 11.3. The van der Waals surface area contributed by atoms with Crippen LogP contribution >= 0.6 is 0 Å². The highest BCUT2D eigenvalue weighted by molar-refractivity contribution is 5.85. The molecule has 0 aliphatic carbocycles. The van der Waals surface area contributed by atoms with Crippen molar-refractivity contribution in [3.8, 4) is 23.8 Å². The van der Waals surface area contributed by atoms with E-state index in [0.717, 1.165) is 0 Å². The van der Waals surface area contributed by atoms with Gasteiger partial charge in [0.15, 0.2) is 11.5 Å². The number of rotatable bonds is 7. The molecule has 0 saturated carbocycles. The Hall–Kier alpha value is -2.68. The van der Waals surface area contributed by atoms with Gasteiger partial charge in [0.05, 0.1) is 20.6 Å². The van der Waals surface area contributed by atoms with Crippen LogP contribution in [-0.4, -0.2) is 37.2 Å². The third-order valence-electron chi connectivity index (χ3n) is 2.77. The van der Waals surface area contributed by atoms with Crippen molar-refractivity contribution in [1.82, 2.24) is 5.32 Å². The average Bonchev–Trinajstić information content (AvgIpc) is 2.46. The Labute approximate surface area is 123 Å². The van der Waals surface area contributed by atoms with Crippen LogP contribution in [0.3, 0.4) is 0 Å². The number of amides is 1. The number of hydrogen-bond acceptors (Lipinski definition) is 4. The van der Waals surface area contributed by atoms with Gasteiger partial charge >= 0.3 is 5.97 Å². The molecule has 1 aromatic rings. The van der Waals surface area contributed by atoms with Gasteiger partial charge in [-0.15, -0.1) is 12.3 Å². The number of nitrogens with one attached hydrogen (secondary N) is 1. The Bertz CT molecular complexity index is 562. The second kappa shape index (κ2) is 7.80. The highest BCUT2D eigenvalue weighted by Crippen LogP contribution is 2.27. The molecule has 0 aromatic heterocycles. The molecule has 6 nitrogen and oxygen atoms in total. The molecule has 0 bridgehead atoms. The summed E-state index contributed by atoms with van der Waals surface area (Å²) in [7, 11) is 3.01. The summed E-state index contributed by atoms with van der Waals surface area (Å²) >= 11 is 0. The number of carboxylic acids is 1. The number of carbonyl (C=O) groups is 2. The van der Waals surface area contributed by atoms with Gasteiger partial charge in [-0.25, -0.2) is 4.79 Å². The van der Waals surface area contributed by atoms with Crippen molar-refractivity contribution in [3.05, 3.63) is 23.8 Å². The van der Waals surface area contributed by atoms with Gasteiger partial charge in [0.2, 0.25) is 5.91 Å². The van der Waals surface area contributed by atoms with Gasteiger partial charge in [0.1, 0.15) is 6.04 Å². The molecule has 1 aromatic carbocycles. The lowest BCUT2D eigenvalue weighted by Crippen LogP contribution is -2.41. The van der Waals surface area contributed by atoms with E-state index in [1.165, 1.54) is 14.2 Å². The summed E-state index contributed by atoms with van der Waals surface area (Å²) in [4.78, 5) is 22.8. The standard InChI is InChI=1S/C15H17NO5/c1-4-5-11(15(18)19)16-14(17)9-10-6-7-12(20-2)13(8-10)21-3/h1,6-8,11H,5,9H2,2-3H3,(H,16,17)(H,18,19). The largest absolute Gasteiger partial charge is 0.493 e. The number of hydrogen-bond donors (Lipinski definition) is 2. The minimum absolute atomic E-state index is 0.0225. The van der Waals surface area contributed by atoms with E-state index in [2.05, 4.69) is 11.2 Å². The van der Waals surface area contributed by atoms with E-state index in [-0.39, 0.29) is 12.8 Å². The summed E-state index contributed by atoms with van der Waals surface area (Å²) in [6, 6.07) is 3.97. The predicted molar refractivity (Wildman–Crippen MR) is 76.3 cm³/mol. The molecule has 0 aliphatic rings. The van der Waals surface area contributed by atoms with Crippen LogP contribution in [-0.2, 0) is 16.0 Å². The first kappa shape index (κ1) is 16.4. The van der Waals surface area contributed by atoms with E-state index in [1.54, 1.807) is 18.2 Å². The third kappa shape index (κ3) is 4.73. The summed E-state index contributed by atoms with van der Waals surface area (Å²) < 4.78 is 10.2. The number of ether oxygens (including phenoxy) is 2. The fourth-order valence-electron chi connectivity index (χ4n) is 1.74. The van der Waals surface area contributed by atoms with E-state index in [9.17, 15) is 9.59 Å². The van der Waals surface area contributed by atoms with Gasteiger partial charge in [-0.3, -0.25) is 4.79 Å². The highest BCUT2D eigenvalue weighted by Gasteiger charge is 2.19. The average molecular weight is 291 g/mol. The molecular formula is C15H17NO5. The van der Waals surface area contributed by atoms with Gasteiger partial charge < -0.3 is 19.9 Å². The number of benzene rings is 1. The first-order valence-corrected chi connectivity index (χ1v) is 6.18. The van der Waals surface area contributed by atoms with Crippen LogP contribution in [0.1, 0.15) is 12.0 Å². The molecule has 0 spiro atoms. The normalized spacial score (nSPS) is 11.1. The topological polar surface area (TPSA) is 84.9 Å². The Kier molecular flexibility index (Phi) is 6.08. The molecule has 1 unspecified atom stereocenters. The Balaban J connectivity index is 2.75. The van der Waals surface area contributed by atoms with E-state index >= 15 is 0 Å². The van der Waals surface area contributed by atoms with Crippen molar-refractivity contribution in [1.29, 1.82) is 0 Å². The second-order valence-electron chi connectivity index (χ2n) is 4.23. The number of carboxylic acid groups (broad SMARTS) is 1. The van der Waals surface area contributed by atoms with Gasteiger partial charge in [-0.1, -0.05) is 6.07 Å². The fourth-order valence-corrected chi connectivity index (χ4v) is 1.74. The smallest absolute Gasteiger partial charge is 0.327 e. The highest BCUT2D eigenvalue weighted by atomic mass is 16.5. The van der Waals surface area contributed by atoms with Crippen molar-refractivity contribution in [2.24, 2.45) is 0 Å². The van der Waals surface area contributed by atoms with Crippen molar-refractivity contribution in [3.63, 3.8) is 0 Å². The summed E-state index contributed by atoms with van der Waals surface area (Å²) in [5.41, 5.74) is 0.676. The molecule has 0 saturated heterocycles. The minimum Gasteiger partial charge on any atom is -0.493 e. The minimum atomic E-state index is -1.16. The fraction of sp³-hybridized carbons (Fsp3) is 0.333. The molecule has 0 aliphatic heterocycles. The van der Waals surface area contributed by atoms with Crippen LogP contribution in [0.4, 0.5) is 0 Å². The molecule has 21 heavy (non-hydrogen) atoms. The second-order valence-corrected chi connectivity index (χ2v) is 4.23. The number of aliphatic carboxylic acids is 1. The zero-order valence-electron chi connectivity index (χ0n) is 11.9. The predicted octanol–water partition coefficient (Wildman–Crippen LogP) is 0.839. The first-order valence-electron chi connectivity index (χ1n) is 6.18. The molecule has 0 fully saturated rings. The lowest BCUT2D eigenvalue weighted by molar-refractivity contribution is -0.141. The van der Waals surface area contributed by atoms with Crippen molar-refractivity contribution < 1.29 is 24.2 Å². The number of terminal acetylenes is 1. The lowest BCUT2D eigenvalue weighted by atomic mass is 10.1. The maximum Gasteiger partial charge on any atom is 0.327 e. The maximum absolute atomic E-state index is 11.8.